The largest absolute Gasteiger partial charge is 0.490 e. The van der Waals surface area contributed by atoms with Gasteiger partial charge in [-0.3, -0.25) is 4.79 Å². The van der Waals surface area contributed by atoms with Crippen molar-refractivity contribution in [1.29, 1.82) is 0 Å². The number of nitrogens with zero attached hydrogens (tertiary/aromatic N) is 2. The normalized spacial score (nSPS) is 13.0. The summed E-state index contributed by atoms with van der Waals surface area (Å²) in [6.45, 7) is 0. The van der Waals surface area contributed by atoms with Crippen LogP contribution in [-0.4, -0.2) is 80.9 Å². The zero-order valence-electron chi connectivity index (χ0n) is 23.5. The molecule has 0 saturated carbocycles. The van der Waals surface area contributed by atoms with Crippen LogP contribution in [0.4, 0.5) is 18.9 Å². The molecule has 0 aliphatic heterocycles. The van der Waals surface area contributed by atoms with Gasteiger partial charge in [0.15, 0.2) is 15.7 Å². The van der Waals surface area contributed by atoms with Gasteiger partial charge in [-0.25, -0.2) is 21.6 Å². The maximum absolute atomic E-state index is 13.2. The Kier molecular flexibility index (Phi) is 11.6. The first-order valence-corrected chi connectivity index (χ1v) is 16.0. The summed E-state index contributed by atoms with van der Waals surface area (Å²) in [7, 11) is -5.85. The summed E-state index contributed by atoms with van der Waals surface area (Å²) in [5.74, 6) is -3.43. The van der Waals surface area contributed by atoms with Crippen molar-refractivity contribution in [3.63, 3.8) is 0 Å². The first kappa shape index (κ1) is 35.7. The van der Waals surface area contributed by atoms with E-state index in [1.807, 2.05) is 0 Å². The van der Waals surface area contributed by atoms with E-state index < -0.39 is 44.0 Å². The molecule has 3 aromatic carbocycles. The third-order valence-corrected chi connectivity index (χ3v) is 8.47. The molecule has 0 fully saturated rings. The number of sulfonamides is 1. The van der Waals surface area contributed by atoms with Gasteiger partial charge in [0.1, 0.15) is 6.04 Å². The van der Waals surface area contributed by atoms with E-state index in [1.54, 1.807) is 66.7 Å². The Labute approximate surface area is 251 Å². The fourth-order valence-electron chi connectivity index (χ4n) is 3.74. The van der Waals surface area contributed by atoms with Gasteiger partial charge in [-0.1, -0.05) is 53.7 Å². The number of sulfone groups is 1. The summed E-state index contributed by atoms with van der Waals surface area (Å²) < 4.78 is 81.6. The molecular weight excluding hydrogens is 629 g/mol. The predicted molar refractivity (Wildman–Crippen MR) is 156 cm³/mol. The highest BCUT2D eigenvalue weighted by atomic mass is 32.2. The van der Waals surface area contributed by atoms with Crippen molar-refractivity contribution < 1.29 is 49.9 Å². The minimum absolute atomic E-state index is 0.0295. The lowest BCUT2D eigenvalue weighted by atomic mass is 10.0. The summed E-state index contributed by atoms with van der Waals surface area (Å²) in [5, 5.41) is 21.8. The minimum Gasteiger partial charge on any atom is -0.475 e. The monoisotopic (exact) mass is 658 g/mol. The molecule has 1 atom stereocenters. The molecule has 3 rings (SSSR count). The highest BCUT2D eigenvalue weighted by Gasteiger charge is 2.38. The summed E-state index contributed by atoms with van der Waals surface area (Å²) in [5.41, 5.74) is 8.26. The lowest BCUT2D eigenvalue weighted by Gasteiger charge is -2.25. The van der Waals surface area contributed by atoms with Crippen molar-refractivity contribution in [2.45, 2.75) is 23.5 Å². The number of carbonyl (C=O) groups excluding carboxylic acids is 1. The number of halogens is 3. The van der Waals surface area contributed by atoms with E-state index in [2.05, 4.69) is 10.5 Å². The molecule has 0 radical (unpaired) electrons. The second-order valence-corrected chi connectivity index (χ2v) is 13.3. The number of benzene rings is 3. The number of nitrogens with two attached hydrogens (primary N) is 1. The summed E-state index contributed by atoms with van der Waals surface area (Å²) in [6, 6.07) is 18.7. The van der Waals surface area contributed by atoms with E-state index >= 15 is 0 Å². The highest BCUT2D eigenvalue weighted by molar-refractivity contribution is 7.90. The molecule has 0 spiro atoms. The fourth-order valence-corrected chi connectivity index (χ4v) is 5.29. The quantitative estimate of drug-likeness (QED) is 0.116. The summed E-state index contributed by atoms with van der Waals surface area (Å²) >= 11 is 0. The van der Waals surface area contributed by atoms with Gasteiger partial charge in [-0.2, -0.15) is 17.5 Å². The Morgan fingerprint density at radius 1 is 0.977 bits per heavy atom. The zero-order valence-corrected chi connectivity index (χ0v) is 25.1. The second kappa shape index (κ2) is 14.3. The van der Waals surface area contributed by atoms with Gasteiger partial charge in [-0.05, 0) is 41.8 Å². The summed E-state index contributed by atoms with van der Waals surface area (Å²) in [4.78, 5) is 22.3. The Hall–Kier alpha value is -4.48. The van der Waals surface area contributed by atoms with Gasteiger partial charge in [-0.15, -0.1) is 0 Å². The topological polar surface area (TPSA) is 197 Å². The molecule has 3 aromatic rings. The molecule has 44 heavy (non-hydrogen) atoms. The lowest BCUT2D eigenvalue weighted by Crippen LogP contribution is -2.46. The van der Waals surface area contributed by atoms with Crippen molar-refractivity contribution >= 4 is 43.3 Å². The van der Waals surface area contributed by atoms with Crippen LogP contribution < -0.4 is 11.1 Å². The molecule has 0 aromatic heterocycles. The standard InChI is InChI=1S/C25H28N4O6S2.C2HF3O2/c1-29(37(3,34)35)22(16-17-7-6-8-19(15-17)24(26)28-31)25(30)27-20-13-11-18(12-14-20)21-9-4-5-10-23(21)36(2,32)33;3-2(4,5)1(6)7/h4-15,22,31H,16H2,1-3H3,(H2,26,28)(H,27,30);(H,6,7). The maximum Gasteiger partial charge on any atom is 0.490 e. The average Bonchev–Trinajstić information content (AvgIpc) is 2.94. The van der Waals surface area contributed by atoms with Crippen LogP contribution in [0.25, 0.3) is 11.1 Å². The van der Waals surface area contributed by atoms with Crippen LogP contribution in [0, 0.1) is 0 Å². The third kappa shape index (κ3) is 10.1. The van der Waals surface area contributed by atoms with Crippen molar-refractivity contribution in [1.82, 2.24) is 4.31 Å². The van der Waals surface area contributed by atoms with Gasteiger partial charge in [0.25, 0.3) is 0 Å². The molecule has 238 valence electrons. The van der Waals surface area contributed by atoms with Gasteiger partial charge in [0, 0.05) is 30.1 Å². The Morgan fingerprint density at radius 3 is 2.05 bits per heavy atom. The average molecular weight is 659 g/mol. The number of likely N-dealkylation sites (N-methyl/N-ethyl adjacent to an activating group) is 1. The number of carbonyl (C=O) groups is 2. The van der Waals surface area contributed by atoms with Crippen molar-refractivity contribution in [2.24, 2.45) is 10.9 Å². The number of hydrogen-bond acceptors (Lipinski definition) is 8. The molecule has 17 heteroatoms. The van der Waals surface area contributed by atoms with Crippen LogP contribution in [0.5, 0.6) is 0 Å². The van der Waals surface area contributed by atoms with Gasteiger partial charge in [0.2, 0.25) is 15.9 Å². The van der Waals surface area contributed by atoms with E-state index in [-0.39, 0.29) is 17.2 Å². The van der Waals surface area contributed by atoms with Gasteiger partial charge in [0.05, 0.1) is 11.2 Å². The number of anilines is 1. The molecule has 0 aliphatic carbocycles. The zero-order chi connectivity index (χ0) is 33.5. The first-order chi connectivity index (χ1) is 20.3. The Balaban J connectivity index is 0.000000860. The van der Waals surface area contributed by atoms with Crippen LogP contribution >= 0.6 is 0 Å². The molecule has 1 amide bonds. The smallest absolute Gasteiger partial charge is 0.475 e. The number of hydrogen-bond donors (Lipinski definition) is 4. The van der Waals surface area contributed by atoms with Crippen LogP contribution in [0.1, 0.15) is 11.1 Å². The van der Waals surface area contributed by atoms with E-state index in [9.17, 15) is 34.8 Å². The number of oxime groups is 1. The maximum atomic E-state index is 13.2. The SMILES string of the molecule is CN(C(Cc1cccc(/C(N)=N/O)c1)C(=O)Nc1ccc(-c2ccccc2S(C)(=O)=O)cc1)S(C)(=O)=O.O=C(O)C(F)(F)F. The number of aliphatic carboxylic acids is 1. The van der Waals surface area contributed by atoms with Crippen LogP contribution in [0.2, 0.25) is 0 Å². The van der Waals surface area contributed by atoms with Crippen molar-refractivity contribution in [2.75, 3.05) is 24.9 Å². The van der Waals surface area contributed by atoms with Gasteiger partial charge < -0.3 is 21.4 Å². The third-order valence-electron chi connectivity index (χ3n) is 6.02. The molecule has 0 saturated heterocycles. The molecule has 0 bridgehead atoms. The van der Waals surface area contributed by atoms with Crippen molar-refractivity contribution in [3.8, 4) is 11.1 Å². The van der Waals surface area contributed by atoms with E-state index in [1.165, 1.54) is 13.1 Å². The Bertz CT molecular complexity index is 1750. The van der Waals surface area contributed by atoms with E-state index in [0.717, 1.165) is 16.8 Å². The predicted octanol–water partition coefficient (Wildman–Crippen LogP) is 2.93. The molecule has 5 N–H and O–H groups in total. The van der Waals surface area contributed by atoms with Crippen molar-refractivity contribution in [3.05, 3.63) is 83.9 Å². The number of nitrogens with one attached hydrogen (secondary N) is 1. The number of amidine groups is 1. The molecule has 12 nitrogen and oxygen atoms in total. The number of rotatable bonds is 9. The van der Waals surface area contributed by atoms with E-state index in [4.69, 9.17) is 20.8 Å². The lowest BCUT2D eigenvalue weighted by molar-refractivity contribution is -0.192. The highest BCUT2D eigenvalue weighted by Crippen LogP contribution is 2.28. The van der Waals surface area contributed by atoms with Crippen LogP contribution in [0.3, 0.4) is 0 Å². The molecule has 1 unspecified atom stereocenters. The van der Waals surface area contributed by atoms with E-state index in [0.29, 0.717) is 27.9 Å². The molecule has 0 aliphatic rings. The van der Waals surface area contributed by atoms with Crippen LogP contribution in [0.15, 0.2) is 82.8 Å². The second-order valence-electron chi connectivity index (χ2n) is 9.32. The number of carboxylic acids is 1. The Morgan fingerprint density at radius 2 is 1.55 bits per heavy atom. The van der Waals surface area contributed by atoms with Gasteiger partial charge >= 0.3 is 12.1 Å². The molecule has 0 heterocycles. The molecular formula is C27H29F3N4O8S2. The minimum atomic E-state index is -5.08. The first-order valence-electron chi connectivity index (χ1n) is 12.3. The number of alkyl halides is 3. The summed E-state index contributed by atoms with van der Waals surface area (Å²) in [6.07, 6.45) is -2.91. The number of carboxylic acid groups (broad SMARTS) is 1. The number of amides is 1. The van der Waals surface area contributed by atoms with Crippen LogP contribution in [-0.2, 0) is 35.9 Å². The fraction of sp³-hybridized carbons (Fsp3) is 0.222.